The van der Waals surface area contributed by atoms with Gasteiger partial charge in [0.15, 0.2) is 0 Å². The second kappa shape index (κ2) is 9.79. The number of hydrogen-bond donors (Lipinski definition) is 1. The van der Waals surface area contributed by atoms with E-state index in [0.717, 1.165) is 12.1 Å². The number of benzene rings is 1. The summed E-state index contributed by atoms with van der Waals surface area (Å²) in [6.45, 7) is 2.14. The van der Waals surface area contributed by atoms with Crippen molar-refractivity contribution in [3.05, 3.63) is 29.8 Å². The summed E-state index contributed by atoms with van der Waals surface area (Å²) < 4.78 is 92.7. The van der Waals surface area contributed by atoms with Crippen LogP contribution in [0.15, 0.2) is 24.3 Å². The Labute approximate surface area is 158 Å². The fourth-order valence-corrected chi connectivity index (χ4v) is 2.84. The normalized spacial score (nSPS) is 17.5. The van der Waals surface area contributed by atoms with Gasteiger partial charge < -0.3 is 10.1 Å². The Kier molecular flexibility index (Phi) is 8.62. The maximum absolute atomic E-state index is 13.1. The molecule has 0 saturated carbocycles. The number of nitrogens with one attached hydrogen (secondary N) is 1. The van der Waals surface area contributed by atoms with Crippen molar-refractivity contribution in [3.63, 3.8) is 0 Å². The van der Waals surface area contributed by atoms with Gasteiger partial charge in [-0.25, -0.2) is 0 Å². The Morgan fingerprint density at radius 3 is 2.26 bits per heavy atom. The van der Waals surface area contributed by atoms with Gasteiger partial charge in [0.05, 0.1) is 0 Å². The molecular formula is C16H20ClF7N2O. The minimum Gasteiger partial charge on any atom is -0.428 e. The Morgan fingerprint density at radius 2 is 1.70 bits per heavy atom. The molecule has 11 heteroatoms. The van der Waals surface area contributed by atoms with Crippen LogP contribution in [0.2, 0.25) is 0 Å². The van der Waals surface area contributed by atoms with E-state index in [1.807, 2.05) is 4.90 Å². The highest BCUT2D eigenvalue weighted by Crippen LogP contribution is 2.34. The van der Waals surface area contributed by atoms with Gasteiger partial charge >= 0.3 is 18.7 Å². The van der Waals surface area contributed by atoms with E-state index in [0.29, 0.717) is 31.7 Å². The maximum Gasteiger partial charge on any atom is 0.461 e. The Morgan fingerprint density at radius 1 is 1.07 bits per heavy atom. The minimum absolute atomic E-state index is 0. The zero-order valence-electron chi connectivity index (χ0n) is 14.1. The third kappa shape index (κ3) is 7.34. The molecule has 0 aromatic heterocycles. The molecule has 0 radical (unpaired) electrons. The van der Waals surface area contributed by atoms with Gasteiger partial charge in [-0.3, -0.25) is 4.90 Å². The van der Waals surface area contributed by atoms with E-state index in [9.17, 15) is 30.7 Å². The topological polar surface area (TPSA) is 24.5 Å². The summed E-state index contributed by atoms with van der Waals surface area (Å²) >= 11 is 0. The first kappa shape index (κ1) is 23.8. The molecule has 1 heterocycles. The largest absolute Gasteiger partial charge is 0.461 e. The highest BCUT2D eigenvalue weighted by Gasteiger charge is 2.44. The van der Waals surface area contributed by atoms with Crippen LogP contribution in [-0.4, -0.2) is 49.8 Å². The molecule has 3 nitrogen and oxygen atoms in total. The predicted molar refractivity (Wildman–Crippen MR) is 87.7 cm³/mol. The van der Waals surface area contributed by atoms with Gasteiger partial charge in [-0.1, -0.05) is 12.1 Å². The number of hydrogen-bond acceptors (Lipinski definition) is 3. The van der Waals surface area contributed by atoms with Crippen molar-refractivity contribution in [1.82, 2.24) is 10.2 Å². The van der Waals surface area contributed by atoms with Gasteiger partial charge in [0, 0.05) is 38.6 Å². The lowest BCUT2D eigenvalue weighted by atomic mass is 9.99. The second-order valence-corrected chi connectivity index (χ2v) is 5.99. The van der Waals surface area contributed by atoms with Gasteiger partial charge in [0.1, 0.15) is 5.75 Å². The summed E-state index contributed by atoms with van der Waals surface area (Å²) in [4.78, 5) is 1.81. The minimum atomic E-state index is -4.67. The van der Waals surface area contributed by atoms with E-state index in [1.165, 1.54) is 12.1 Å². The number of alkyl halides is 7. The first-order valence-corrected chi connectivity index (χ1v) is 8.05. The molecule has 0 amide bonds. The summed E-state index contributed by atoms with van der Waals surface area (Å²) in [6.07, 6.45) is -14.4. The zero-order chi connectivity index (χ0) is 19.4. The summed E-state index contributed by atoms with van der Waals surface area (Å²) in [6, 6.07) is 4.27. The lowest BCUT2D eigenvalue weighted by Gasteiger charge is -2.35. The lowest BCUT2D eigenvalue weighted by Crippen LogP contribution is -2.45. The van der Waals surface area contributed by atoms with Gasteiger partial charge in [0.25, 0.3) is 0 Å². The van der Waals surface area contributed by atoms with Crippen LogP contribution in [0.5, 0.6) is 5.75 Å². The first-order chi connectivity index (χ1) is 12.1. The third-order valence-electron chi connectivity index (χ3n) is 4.04. The summed E-state index contributed by atoms with van der Waals surface area (Å²) in [5, 5.41) is 3.08. The third-order valence-corrected chi connectivity index (χ3v) is 4.04. The highest BCUT2D eigenvalue weighted by molar-refractivity contribution is 5.85. The molecule has 1 atom stereocenters. The van der Waals surface area contributed by atoms with Crippen molar-refractivity contribution in [1.29, 1.82) is 0 Å². The molecule has 0 bridgehead atoms. The summed E-state index contributed by atoms with van der Waals surface area (Å²) in [5.41, 5.74) is 0.318. The molecule has 0 spiro atoms. The fraction of sp³-hybridized carbons (Fsp3) is 0.625. The number of piperazine rings is 1. The van der Waals surface area contributed by atoms with E-state index in [1.54, 1.807) is 0 Å². The smallest absolute Gasteiger partial charge is 0.428 e. The van der Waals surface area contributed by atoms with Gasteiger partial charge in [-0.2, -0.15) is 30.7 Å². The average molecular weight is 425 g/mol. The van der Waals surface area contributed by atoms with Crippen molar-refractivity contribution in [2.75, 3.05) is 26.2 Å². The van der Waals surface area contributed by atoms with Crippen molar-refractivity contribution in [3.8, 4) is 5.75 Å². The summed E-state index contributed by atoms with van der Waals surface area (Å²) in [7, 11) is 0. The number of nitrogens with zero attached hydrogens (tertiary/aromatic N) is 1. The van der Waals surface area contributed by atoms with E-state index < -0.39 is 36.9 Å². The molecular weight excluding hydrogens is 405 g/mol. The van der Waals surface area contributed by atoms with Crippen LogP contribution < -0.4 is 10.1 Å². The van der Waals surface area contributed by atoms with Crippen LogP contribution in [0, 0.1) is 0 Å². The maximum atomic E-state index is 13.1. The molecule has 1 aromatic carbocycles. The van der Waals surface area contributed by atoms with Crippen molar-refractivity contribution in [2.24, 2.45) is 0 Å². The molecule has 2 rings (SSSR count). The van der Waals surface area contributed by atoms with Crippen LogP contribution in [-0.2, 0) is 0 Å². The predicted octanol–water partition coefficient (Wildman–Crippen LogP) is 4.63. The van der Waals surface area contributed by atoms with E-state index in [4.69, 9.17) is 0 Å². The number of rotatable bonds is 7. The zero-order valence-corrected chi connectivity index (χ0v) is 14.9. The lowest BCUT2D eigenvalue weighted by molar-refractivity contribution is -0.253. The average Bonchev–Trinajstić information content (AvgIpc) is 2.55. The molecule has 156 valence electrons. The summed E-state index contributed by atoms with van der Waals surface area (Å²) in [5.74, 6) is -0.514. The van der Waals surface area contributed by atoms with Crippen molar-refractivity contribution >= 4 is 12.4 Å². The van der Waals surface area contributed by atoms with Crippen LogP contribution in [0.3, 0.4) is 0 Å². The van der Waals surface area contributed by atoms with Gasteiger partial charge in [-0.15, -0.1) is 12.4 Å². The molecule has 1 aliphatic heterocycles. The van der Waals surface area contributed by atoms with Gasteiger partial charge in [-0.05, 0) is 24.1 Å². The Balaban J connectivity index is 0.00000364. The Bertz CT molecular complexity index is 580. The molecule has 1 saturated heterocycles. The number of ether oxygens (including phenoxy) is 1. The Hall–Kier alpha value is -1.26. The molecule has 0 aliphatic carbocycles. The first-order valence-electron chi connectivity index (χ1n) is 8.05. The van der Waals surface area contributed by atoms with Gasteiger partial charge in [0.2, 0.25) is 0 Å². The van der Waals surface area contributed by atoms with Crippen LogP contribution in [0.25, 0.3) is 0 Å². The monoisotopic (exact) mass is 424 g/mol. The molecule has 1 aromatic rings. The molecule has 27 heavy (non-hydrogen) atoms. The van der Waals surface area contributed by atoms with E-state index in [2.05, 4.69) is 10.1 Å². The van der Waals surface area contributed by atoms with Crippen LogP contribution >= 0.6 is 12.4 Å². The molecule has 0 unspecified atom stereocenters. The van der Waals surface area contributed by atoms with Crippen LogP contribution in [0.4, 0.5) is 30.7 Å². The van der Waals surface area contributed by atoms with E-state index in [-0.39, 0.29) is 18.8 Å². The van der Waals surface area contributed by atoms with E-state index >= 15 is 0 Å². The standard InChI is InChI=1S/C16H19F7N2O.ClH/c17-14(18)16(22,23)26-12-3-1-2-11(10-12)13(4-5-15(19,20)21)25-8-6-24-7-9-25;/h1-3,10,13-14,24H,4-9H2;1H/t13-;/m1./s1. The molecule has 1 fully saturated rings. The number of halogens is 8. The molecule has 1 N–H and O–H groups in total. The molecule has 1 aliphatic rings. The quantitative estimate of drug-likeness (QED) is 0.646. The van der Waals surface area contributed by atoms with Crippen molar-refractivity contribution < 1.29 is 35.5 Å². The van der Waals surface area contributed by atoms with Crippen molar-refractivity contribution in [2.45, 2.75) is 37.6 Å². The second-order valence-electron chi connectivity index (χ2n) is 5.99. The van der Waals surface area contributed by atoms with Crippen LogP contribution in [0.1, 0.15) is 24.4 Å². The fourth-order valence-electron chi connectivity index (χ4n) is 2.84. The highest BCUT2D eigenvalue weighted by atomic mass is 35.5. The SMILES string of the molecule is Cl.FC(F)C(F)(F)Oc1cccc([C@@H](CCC(F)(F)F)N2CCNCC2)c1.